The van der Waals surface area contributed by atoms with Gasteiger partial charge in [0, 0.05) is 32.8 Å². The molecule has 2 aliphatic rings. The lowest BCUT2D eigenvalue weighted by Gasteiger charge is -2.46. The molecular formula is C21H17Br2NO4S. The van der Waals surface area contributed by atoms with Crippen LogP contribution in [0.15, 0.2) is 51.4 Å². The molecule has 4 unspecified atom stereocenters. The average Bonchev–Trinajstić information content (AvgIpc) is 2.97. The highest BCUT2D eigenvalue weighted by Crippen LogP contribution is 2.62. The van der Waals surface area contributed by atoms with Crippen molar-refractivity contribution in [3.05, 3.63) is 62.5 Å². The highest BCUT2D eigenvalue weighted by atomic mass is 79.9. The number of anilines is 1. The quantitative estimate of drug-likeness (QED) is 0.546. The van der Waals surface area contributed by atoms with Crippen LogP contribution in [0.3, 0.4) is 0 Å². The SMILES string of the molecule is O=CC1C(CC(=O)O)CSC2(C(=O)Nc3c(Br)cccc32)C1c1ccc(Br)cc1. The van der Waals surface area contributed by atoms with Crippen LogP contribution in [-0.2, 0) is 19.1 Å². The third-order valence-electron chi connectivity index (χ3n) is 5.70. The summed E-state index contributed by atoms with van der Waals surface area (Å²) in [5.74, 6) is -2.11. The summed E-state index contributed by atoms with van der Waals surface area (Å²) in [6.45, 7) is 0. The maximum atomic E-state index is 13.4. The third kappa shape index (κ3) is 3.35. The van der Waals surface area contributed by atoms with E-state index in [2.05, 4.69) is 37.2 Å². The summed E-state index contributed by atoms with van der Waals surface area (Å²) < 4.78 is 0.682. The Morgan fingerprint density at radius 2 is 1.97 bits per heavy atom. The number of thioether (sulfide) groups is 1. The molecule has 2 aromatic rings. The predicted molar refractivity (Wildman–Crippen MR) is 119 cm³/mol. The summed E-state index contributed by atoms with van der Waals surface area (Å²) in [6.07, 6.45) is 0.734. The van der Waals surface area contributed by atoms with Crippen LogP contribution in [0.25, 0.3) is 0 Å². The lowest BCUT2D eigenvalue weighted by Crippen LogP contribution is -2.48. The number of aliphatic carboxylic acids is 1. The Morgan fingerprint density at radius 1 is 1.24 bits per heavy atom. The van der Waals surface area contributed by atoms with Crippen molar-refractivity contribution in [2.45, 2.75) is 17.1 Å². The van der Waals surface area contributed by atoms with E-state index in [0.29, 0.717) is 11.4 Å². The standard InChI is InChI=1S/C21H17Br2NO4S/c22-13-6-4-11(5-7-13)18-14(9-25)12(8-17(26)27)10-29-21(18)15-2-1-3-16(23)19(15)24-20(21)28/h1-7,9,12,14,18H,8,10H2,(H,24,28)(H,26,27). The minimum atomic E-state index is -0.993. The number of carboxylic acid groups (broad SMARTS) is 1. The van der Waals surface area contributed by atoms with E-state index in [1.165, 1.54) is 11.8 Å². The van der Waals surface area contributed by atoms with Gasteiger partial charge in [-0.25, -0.2) is 0 Å². The maximum Gasteiger partial charge on any atom is 0.303 e. The van der Waals surface area contributed by atoms with Crippen LogP contribution < -0.4 is 5.32 Å². The molecule has 0 radical (unpaired) electrons. The number of carbonyl (C=O) groups excluding carboxylic acids is 2. The molecule has 8 heteroatoms. The summed E-state index contributed by atoms with van der Waals surface area (Å²) in [6, 6.07) is 13.2. The van der Waals surface area contributed by atoms with Gasteiger partial charge in [0.1, 0.15) is 11.0 Å². The van der Waals surface area contributed by atoms with Crippen LogP contribution in [0.2, 0.25) is 0 Å². The molecule has 2 heterocycles. The molecule has 2 N–H and O–H groups in total. The van der Waals surface area contributed by atoms with Gasteiger partial charge in [-0.3, -0.25) is 9.59 Å². The second-order valence-electron chi connectivity index (χ2n) is 7.26. The van der Waals surface area contributed by atoms with Gasteiger partial charge in [0.2, 0.25) is 5.91 Å². The summed E-state index contributed by atoms with van der Waals surface area (Å²) in [5, 5.41) is 12.3. The Bertz CT molecular complexity index is 997. The topological polar surface area (TPSA) is 83.5 Å². The van der Waals surface area contributed by atoms with Gasteiger partial charge in [0.25, 0.3) is 0 Å². The molecule has 1 fully saturated rings. The zero-order valence-corrected chi connectivity index (χ0v) is 19.1. The van der Waals surface area contributed by atoms with E-state index in [0.717, 1.165) is 26.4 Å². The number of aldehydes is 1. The number of amides is 1. The van der Waals surface area contributed by atoms with Crippen molar-refractivity contribution >= 4 is 67.5 Å². The Kier molecular flexibility index (Phi) is 5.61. The fourth-order valence-corrected chi connectivity index (χ4v) is 6.99. The second kappa shape index (κ2) is 7.89. The molecule has 150 valence electrons. The number of halogens is 2. The molecule has 2 aliphatic heterocycles. The maximum absolute atomic E-state index is 13.4. The molecule has 0 bridgehead atoms. The molecule has 1 amide bonds. The lowest BCUT2D eigenvalue weighted by molar-refractivity contribution is -0.138. The molecule has 4 rings (SSSR count). The van der Waals surface area contributed by atoms with Gasteiger partial charge >= 0.3 is 5.97 Å². The Balaban J connectivity index is 1.93. The van der Waals surface area contributed by atoms with Crippen molar-refractivity contribution in [1.29, 1.82) is 0 Å². The molecule has 4 atom stereocenters. The van der Waals surface area contributed by atoms with Crippen LogP contribution in [0.1, 0.15) is 23.5 Å². The van der Waals surface area contributed by atoms with Crippen molar-refractivity contribution in [1.82, 2.24) is 0 Å². The first-order valence-electron chi connectivity index (χ1n) is 9.05. The zero-order chi connectivity index (χ0) is 20.8. The number of hydrogen-bond donors (Lipinski definition) is 2. The zero-order valence-electron chi connectivity index (χ0n) is 15.1. The molecule has 29 heavy (non-hydrogen) atoms. The molecule has 0 saturated carbocycles. The smallest absolute Gasteiger partial charge is 0.303 e. The minimum Gasteiger partial charge on any atom is -0.481 e. The van der Waals surface area contributed by atoms with Gasteiger partial charge in [-0.1, -0.05) is 40.2 Å². The largest absolute Gasteiger partial charge is 0.481 e. The van der Waals surface area contributed by atoms with Crippen LogP contribution >= 0.6 is 43.6 Å². The van der Waals surface area contributed by atoms with Crippen LogP contribution in [-0.4, -0.2) is 29.0 Å². The van der Waals surface area contributed by atoms with E-state index in [4.69, 9.17) is 0 Å². The number of hydrogen-bond acceptors (Lipinski definition) is 4. The van der Waals surface area contributed by atoms with Gasteiger partial charge in [0.15, 0.2) is 0 Å². The first-order chi connectivity index (χ1) is 13.9. The van der Waals surface area contributed by atoms with Crippen molar-refractivity contribution in [2.75, 3.05) is 11.1 Å². The van der Waals surface area contributed by atoms with Crippen molar-refractivity contribution in [3.63, 3.8) is 0 Å². The van der Waals surface area contributed by atoms with Gasteiger partial charge in [-0.15, -0.1) is 11.8 Å². The fourth-order valence-electron chi connectivity index (χ4n) is 4.46. The van der Waals surface area contributed by atoms with Crippen molar-refractivity contribution in [2.24, 2.45) is 11.8 Å². The average molecular weight is 539 g/mol. The summed E-state index contributed by atoms with van der Waals surface area (Å²) >= 11 is 8.38. The van der Waals surface area contributed by atoms with E-state index in [9.17, 15) is 19.5 Å². The monoisotopic (exact) mass is 537 g/mol. The molecular weight excluding hydrogens is 522 g/mol. The number of rotatable bonds is 4. The number of fused-ring (bicyclic) bond motifs is 2. The Morgan fingerprint density at radius 3 is 2.62 bits per heavy atom. The summed E-state index contributed by atoms with van der Waals surface area (Å²) in [7, 11) is 0. The Labute approximate surface area is 188 Å². The molecule has 2 aromatic carbocycles. The molecule has 1 spiro atoms. The normalized spacial score (nSPS) is 28.1. The van der Waals surface area contributed by atoms with E-state index < -0.39 is 22.6 Å². The first kappa shape index (κ1) is 20.6. The van der Waals surface area contributed by atoms with E-state index >= 15 is 0 Å². The second-order valence-corrected chi connectivity index (χ2v) is 10.3. The van der Waals surface area contributed by atoms with E-state index in [-0.39, 0.29) is 18.2 Å². The molecule has 0 aromatic heterocycles. The molecule has 5 nitrogen and oxygen atoms in total. The highest BCUT2D eigenvalue weighted by molar-refractivity contribution is 9.10. The lowest BCUT2D eigenvalue weighted by atomic mass is 9.68. The van der Waals surface area contributed by atoms with Crippen molar-refractivity contribution in [3.8, 4) is 0 Å². The summed E-state index contributed by atoms with van der Waals surface area (Å²) in [4.78, 5) is 37.1. The van der Waals surface area contributed by atoms with Crippen LogP contribution in [0.4, 0.5) is 5.69 Å². The third-order valence-corrected chi connectivity index (χ3v) is 8.60. The van der Waals surface area contributed by atoms with E-state index in [1.807, 2.05) is 42.5 Å². The number of nitrogens with one attached hydrogen (secondary N) is 1. The first-order valence-corrected chi connectivity index (χ1v) is 11.6. The Hall–Kier alpha value is -1.64. The summed E-state index contributed by atoms with van der Waals surface area (Å²) in [5.41, 5.74) is 2.39. The number of carbonyl (C=O) groups is 3. The minimum absolute atomic E-state index is 0.105. The molecule has 0 aliphatic carbocycles. The van der Waals surface area contributed by atoms with Gasteiger partial charge < -0.3 is 15.2 Å². The van der Waals surface area contributed by atoms with Crippen LogP contribution in [0.5, 0.6) is 0 Å². The van der Waals surface area contributed by atoms with E-state index in [1.54, 1.807) is 0 Å². The van der Waals surface area contributed by atoms with Crippen LogP contribution in [0, 0.1) is 11.8 Å². The van der Waals surface area contributed by atoms with Crippen molar-refractivity contribution < 1.29 is 19.5 Å². The number of carboxylic acids is 1. The molecule has 1 saturated heterocycles. The predicted octanol–water partition coefficient (Wildman–Crippen LogP) is 4.80. The van der Waals surface area contributed by atoms with Gasteiger partial charge in [-0.2, -0.15) is 0 Å². The fraction of sp³-hybridized carbons (Fsp3) is 0.286. The van der Waals surface area contributed by atoms with Gasteiger partial charge in [0.05, 0.1) is 5.69 Å². The van der Waals surface area contributed by atoms with Gasteiger partial charge in [-0.05, 0) is 51.4 Å². The number of benzene rings is 2. The number of para-hydroxylation sites is 1. The highest BCUT2D eigenvalue weighted by Gasteiger charge is 2.60.